The number of aliphatic hydroxyl groups excluding tert-OH is 1. The molecule has 58 heavy (non-hydrogen) atoms. The third kappa shape index (κ3) is 29.5. The maximum Gasteiger partial charge on any atom is 0.430 e. The number of hydrogen-bond donors (Lipinski definition) is 8. The molecule has 0 saturated carbocycles. The zero-order chi connectivity index (χ0) is 47.3. The molecule has 0 saturated heterocycles. The van der Waals surface area contributed by atoms with E-state index >= 15 is 0 Å². The van der Waals surface area contributed by atoms with Crippen molar-refractivity contribution in [1.29, 1.82) is 0 Å². The molecule has 0 aliphatic heterocycles. The van der Waals surface area contributed by atoms with Gasteiger partial charge in [0.2, 0.25) is 6.20 Å². The summed E-state index contributed by atoms with van der Waals surface area (Å²) in [5.41, 5.74) is 11.5. The second kappa shape index (κ2) is 25.5. The van der Waals surface area contributed by atoms with Gasteiger partial charge in [-0.2, -0.15) is 57.3 Å². The van der Waals surface area contributed by atoms with Crippen molar-refractivity contribution < 1.29 is 154 Å². The van der Waals surface area contributed by atoms with E-state index in [0.29, 0.717) is 11.1 Å². The lowest BCUT2D eigenvalue weighted by atomic mass is 9.96. The minimum Gasteiger partial charge on any atom is -0.542 e. The Morgan fingerprint density at radius 2 is 0.862 bits per heavy atom. The Balaban J connectivity index is -0.000000416. The number of aromatic nitrogens is 1. The summed E-state index contributed by atoms with van der Waals surface area (Å²) in [4.78, 5) is 68.2. The number of pyridine rings is 1. The summed E-state index contributed by atoms with van der Waals surface area (Å²) < 4.78 is 128. The number of carbonyl (C=O) groups excluding carboxylic acids is 4. The number of quaternary nitrogens is 3. The zero-order valence-electron chi connectivity index (χ0n) is 28.5. The summed E-state index contributed by atoms with van der Waals surface area (Å²) in [6.45, 7) is 0.0622. The molecule has 0 spiro atoms. The number of hydrogen-bond acceptors (Lipinski definition) is 13. The Labute approximate surface area is 313 Å². The molecule has 32 heteroatoms. The molecule has 0 aliphatic rings. The fraction of sp³-hybridized carbons (Fsp3) is 0.538. The average Bonchev–Trinajstić information content (AvgIpc) is 3.02. The summed E-state index contributed by atoms with van der Waals surface area (Å²) in [7, 11) is 0. The number of nitrogens with zero attached hydrogens (tertiary/aromatic N) is 1. The first-order valence-electron chi connectivity index (χ1n) is 14.4. The molecule has 0 aromatic carbocycles. The van der Waals surface area contributed by atoms with Crippen LogP contribution >= 0.6 is 0 Å². The van der Waals surface area contributed by atoms with Gasteiger partial charge in [-0.15, -0.1) is 0 Å². The summed E-state index contributed by atoms with van der Waals surface area (Å²) in [6, 6.07) is -2.72. The van der Waals surface area contributed by atoms with Crippen LogP contribution in [0.4, 0.5) is 52.7 Å². The molecule has 1 rings (SSSR count). The number of aliphatic hydroxyl groups is 1. The van der Waals surface area contributed by atoms with Crippen LogP contribution in [0.25, 0.3) is 0 Å². The van der Waals surface area contributed by atoms with Gasteiger partial charge in [0, 0.05) is 30.4 Å². The largest absolute Gasteiger partial charge is 0.542 e. The number of alkyl halides is 12. The Morgan fingerprint density at radius 3 is 1.14 bits per heavy atom. The monoisotopic (exact) mass is 884 g/mol. The van der Waals surface area contributed by atoms with Crippen LogP contribution in [-0.4, -0.2) is 116 Å². The molecule has 0 radical (unpaired) electrons. The molecule has 336 valence electrons. The van der Waals surface area contributed by atoms with Crippen molar-refractivity contribution in [1.82, 2.24) is 0 Å². The highest BCUT2D eigenvalue weighted by molar-refractivity contribution is 5.73. The van der Waals surface area contributed by atoms with E-state index in [1.165, 1.54) is 10.8 Å². The van der Waals surface area contributed by atoms with Crippen LogP contribution in [0.5, 0.6) is 5.75 Å². The zero-order valence-corrected chi connectivity index (χ0v) is 28.5. The Kier molecular flexibility index (Phi) is 25.9. The molecular formula is C26H32F12N4O16. The number of halogens is 12. The van der Waals surface area contributed by atoms with Gasteiger partial charge in [-0.25, -0.2) is 14.4 Å². The molecule has 1 heterocycles. The quantitative estimate of drug-likeness (QED) is 0.0674. The molecule has 0 aliphatic carbocycles. The first-order chi connectivity index (χ1) is 25.7. The Hall–Kier alpha value is -5.76. The highest BCUT2D eigenvalue weighted by atomic mass is 19.4. The van der Waals surface area contributed by atoms with Crippen molar-refractivity contribution in [3.63, 3.8) is 0 Å². The molecule has 1 aromatic heterocycles. The fourth-order valence-electron chi connectivity index (χ4n) is 2.91. The molecule has 0 fully saturated rings. The molecule has 4 atom stereocenters. The smallest absolute Gasteiger partial charge is 0.430 e. The first kappa shape index (κ1) is 58.9. The van der Waals surface area contributed by atoms with Crippen molar-refractivity contribution in [2.75, 3.05) is 0 Å². The molecule has 0 unspecified atom stereocenters. The van der Waals surface area contributed by atoms with E-state index in [1.807, 2.05) is 0 Å². The van der Waals surface area contributed by atoms with Crippen LogP contribution in [-0.2, 0) is 52.9 Å². The maximum atomic E-state index is 11.2. The van der Waals surface area contributed by atoms with Crippen molar-refractivity contribution in [3.05, 3.63) is 23.5 Å². The SMILES string of the molecule is O=C([O-])C(F)(F)F.O=C([O-])C(F)(F)F.O=C([O-])C(F)(F)F.O=C([O-])C(F)(F)F.[NH3+][C@@H](CCc1c[n+](C[C@H](O)CC[C@H]([NH3+])C(=O)O)cc(O)c1C[C@H]([NH3+])C(=O)O)C(=O)O. The van der Waals surface area contributed by atoms with E-state index in [2.05, 4.69) is 17.2 Å². The number of carbonyl (C=O) groups is 7. The summed E-state index contributed by atoms with van der Waals surface area (Å²) >= 11 is 0. The van der Waals surface area contributed by atoms with Crippen molar-refractivity contribution in [2.45, 2.75) is 87.6 Å². The van der Waals surface area contributed by atoms with Crippen LogP contribution in [0, 0.1) is 0 Å². The van der Waals surface area contributed by atoms with Crippen molar-refractivity contribution >= 4 is 41.8 Å². The van der Waals surface area contributed by atoms with E-state index < -0.39 is 90.7 Å². The van der Waals surface area contributed by atoms with E-state index in [1.54, 1.807) is 6.20 Å². The Morgan fingerprint density at radius 1 is 0.569 bits per heavy atom. The van der Waals surface area contributed by atoms with Gasteiger partial charge >= 0.3 is 42.6 Å². The number of aryl methyl sites for hydroxylation is 1. The van der Waals surface area contributed by atoms with Gasteiger partial charge in [0.05, 0.1) is 0 Å². The van der Waals surface area contributed by atoms with Gasteiger partial charge < -0.3 is 82.3 Å². The number of carboxylic acids is 7. The lowest BCUT2D eigenvalue weighted by Crippen LogP contribution is -2.66. The van der Waals surface area contributed by atoms with Crippen LogP contribution in [0.1, 0.15) is 30.4 Å². The highest BCUT2D eigenvalue weighted by Gasteiger charge is 2.31. The number of aromatic hydroxyl groups is 1. The van der Waals surface area contributed by atoms with Crippen LogP contribution in [0.2, 0.25) is 0 Å². The minimum atomic E-state index is -5.19. The molecule has 0 bridgehead atoms. The first-order valence-corrected chi connectivity index (χ1v) is 14.4. The van der Waals surface area contributed by atoms with Gasteiger partial charge in [-0.3, -0.25) is 0 Å². The second-order valence-electron chi connectivity index (χ2n) is 10.6. The van der Waals surface area contributed by atoms with Gasteiger partial charge in [-0.1, -0.05) is 0 Å². The lowest BCUT2D eigenvalue weighted by molar-refractivity contribution is -0.704. The molecule has 1 aromatic rings. The maximum absolute atomic E-state index is 11.2. The predicted molar refractivity (Wildman–Crippen MR) is 143 cm³/mol. The fourth-order valence-corrected chi connectivity index (χ4v) is 2.91. The second-order valence-corrected chi connectivity index (χ2v) is 10.6. The number of rotatable bonds is 13. The summed E-state index contributed by atoms with van der Waals surface area (Å²) in [5, 5.41) is 82.8. The third-order valence-electron chi connectivity index (χ3n) is 5.76. The molecular weight excluding hydrogens is 852 g/mol. The molecule has 14 N–H and O–H groups in total. The standard InChI is InChI=1S/C18H28N4O8.4C2HF3O2/c19-12(16(25)26)3-1-9-6-22(7-10(23)2-4-13(20)17(27)28)8-15(24)11(9)5-14(21)18(29)30;4*3-2(4,5)1(6)7/h6,8,10,12-14,23H,1-5,7,19-21H2,(H3-,24,25,26,27,28,29,30);4*(H,6,7)/t10-,12+,13+,14+;;;;/m1..../s1. The van der Waals surface area contributed by atoms with Gasteiger partial charge in [-0.05, 0) is 12.8 Å². The topological polar surface area (TPSA) is 400 Å². The average molecular weight is 885 g/mol. The molecule has 20 nitrogen and oxygen atoms in total. The normalized spacial score (nSPS) is 13.3. The summed E-state index contributed by atoms with van der Waals surface area (Å²) in [6.07, 6.45) is -18.0. The van der Waals surface area contributed by atoms with Crippen LogP contribution in [0.15, 0.2) is 12.4 Å². The van der Waals surface area contributed by atoms with E-state index in [-0.39, 0.29) is 44.4 Å². The molecule has 0 amide bonds. The predicted octanol–water partition coefficient (Wildman–Crippen LogP) is -7.42. The lowest BCUT2D eigenvalue weighted by Gasteiger charge is -2.13. The summed E-state index contributed by atoms with van der Waals surface area (Å²) in [5.74, 6) is -15.5. The Bertz CT molecular complexity index is 1440. The number of aliphatic carboxylic acids is 7. The highest BCUT2D eigenvalue weighted by Crippen LogP contribution is 2.22. The van der Waals surface area contributed by atoms with Crippen molar-refractivity contribution in [2.24, 2.45) is 0 Å². The van der Waals surface area contributed by atoms with Crippen molar-refractivity contribution in [3.8, 4) is 5.75 Å². The third-order valence-corrected chi connectivity index (χ3v) is 5.76. The van der Waals surface area contributed by atoms with E-state index in [0.717, 1.165) is 0 Å². The minimum absolute atomic E-state index is 0.0451. The van der Waals surface area contributed by atoms with E-state index in [4.69, 9.17) is 54.9 Å². The van der Waals surface area contributed by atoms with Crippen LogP contribution < -0.4 is 42.2 Å². The van der Waals surface area contributed by atoms with E-state index in [9.17, 15) is 77.3 Å². The van der Waals surface area contributed by atoms with Gasteiger partial charge in [0.1, 0.15) is 30.0 Å². The van der Waals surface area contributed by atoms with Crippen LogP contribution in [0.3, 0.4) is 0 Å². The number of carboxylic acid groups (broad SMARTS) is 7. The van der Waals surface area contributed by atoms with Gasteiger partial charge in [0.15, 0.2) is 36.6 Å². The van der Waals surface area contributed by atoms with Gasteiger partial charge in [0.25, 0.3) is 0 Å².